The van der Waals surface area contributed by atoms with Gasteiger partial charge in [0.2, 0.25) is 0 Å². The molecule has 1 aliphatic heterocycles. The van der Waals surface area contributed by atoms with Gasteiger partial charge in [-0.25, -0.2) is 0 Å². The molecule has 0 aromatic carbocycles. The average Bonchev–Trinajstić information content (AvgIpc) is 3.07. The fraction of sp³-hybridized carbons (Fsp3) is 1.00. The lowest BCUT2D eigenvalue weighted by molar-refractivity contribution is 0.226. The molecule has 0 aromatic heterocycles. The number of ether oxygens (including phenoxy) is 1. The van der Waals surface area contributed by atoms with Crippen molar-refractivity contribution in [2.24, 2.45) is 17.6 Å². The summed E-state index contributed by atoms with van der Waals surface area (Å²) in [5, 5.41) is 6.92. The summed E-state index contributed by atoms with van der Waals surface area (Å²) >= 11 is 0. The van der Waals surface area contributed by atoms with Gasteiger partial charge >= 0.3 is 0 Å². The molecule has 1 rings (SSSR count). The van der Waals surface area contributed by atoms with Gasteiger partial charge in [-0.15, -0.1) is 0 Å². The molecule has 0 aliphatic carbocycles. The molecule has 0 radical (unpaired) electrons. The Balaban J connectivity index is 2.54. The number of nitrogens with one attached hydrogen (secondary N) is 2. The Morgan fingerprint density at radius 1 is 1.33 bits per heavy atom. The monoisotopic (exact) mass is 257 g/mol. The van der Waals surface area contributed by atoms with Crippen molar-refractivity contribution < 1.29 is 4.74 Å². The highest BCUT2D eigenvalue weighted by molar-refractivity contribution is 4.87. The molecule has 0 bridgehead atoms. The van der Waals surface area contributed by atoms with Crippen molar-refractivity contribution in [3.8, 4) is 0 Å². The largest absolute Gasteiger partial charge is 0.370 e. The fourth-order valence-electron chi connectivity index (χ4n) is 2.73. The van der Waals surface area contributed by atoms with Gasteiger partial charge in [-0.05, 0) is 51.7 Å². The third-order valence-electron chi connectivity index (χ3n) is 4.12. The van der Waals surface area contributed by atoms with Gasteiger partial charge in [-0.1, -0.05) is 20.3 Å². The highest BCUT2D eigenvalue weighted by atomic mass is 16.6. The minimum Gasteiger partial charge on any atom is -0.370 e. The van der Waals surface area contributed by atoms with Crippen LogP contribution >= 0.6 is 0 Å². The minimum atomic E-state index is 0.368. The summed E-state index contributed by atoms with van der Waals surface area (Å²) in [4.78, 5) is 0. The number of nitrogens with two attached hydrogens (primary N) is 1. The zero-order chi connectivity index (χ0) is 13.5. The molecule has 4 nitrogen and oxygen atoms in total. The van der Waals surface area contributed by atoms with Gasteiger partial charge in [0.15, 0.2) is 0 Å². The Labute approximate surface area is 112 Å². The standard InChI is InChI=1S/C14H31N3O/c1-5-11(9-15)7-12(8-13-10(3)18-13)14(16-4)17-6-2/h10-14,16-17H,5-9,15H2,1-4H3. The zero-order valence-electron chi connectivity index (χ0n) is 12.4. The summed E-state index contributed by atoms with van der Waals surface area (Å²) in [7, 11) is 2.03. The van der Waals surface area contributed by atoms with E-state index in [1.807, 2.05) is 7.05 Å². The van der Waals surface area contributed by atoms with Gasteiger partial charge in [-0.2, -0.15) is 0 Å². The van der Waals surface area contributed by atoms with Crippen LogP contribution in [0.1, 0.15) is 40.0 Å². The van der Waals surface area contributed by atoms with Crippen LogP contribution in [0.4, 0.5) is 0 Å². The highest BCUT2D eigenvalue weighted by Gasteiger charge is 2.38. The van der Waals surface area contributed by atoms with E-state index in [1.165, 1.54) is 6.42 Å². The summed E-state index contributed by atoms with van der Waals surface area (Å²) in [6.07, 6.45) is 4.75. The second kappa shape index (κ2) is 8.10. The lowest BCUT2D eigenvalue weighted by atomic mass is 9.86. The SMILES string of the molecule is CCNC(NC)C(CC(CC)CN)CC1OC1C. The van der Waals surface area contributed by atoms with E-state index in [1.54, 1.807) is 0 Å². The lowest BCUT2D eigenvalue weighted by Gasteiger charge is -2.30. The molecule has 1 fully saturated rings. The van der Waals surface area contributed by atoms with Crippen molar-refractivity contribution in [2.75, 3.05) is 20.1 Å². The molecule has 0 aromatic rings. The van der Waals surface area contributed by atoms with Crippen molar-refractivity contribution in [1.29, 1.82) is 0 Å². The molecule has 0 saturated carbocycles. The van der Waals surface area contributed by atoms with Crippen LogP contribution in [0, 0.1) is 11.8 Å². The predicted molar refractivity (Wildman–Crippen MR) is 76.4 cm³/mol. The van der Waals surface area contributed by atoms with E-state index in [0.717, 1.165) is 25.9 Å². The maximum Gasteiger partial charge on any atom is 0.0842 e. The topological polar surface area (TPSA) is 62.6 Å². The second-order valence-electron chi connectivity index (χ2n) is 5.45. The summed E-state index contributed by atoms with van der Waals surface area (Å²) in [5.74, 6) is 1.22. The number of epoxide rings is 1. The van der Waals surface area contributed by atoms with Crippen molar-refractivity contribution in [3.63, 3.8) is 0 Å². The van der Waals surface area contributed by atoms with Crippen molar-refractivity contribution in [2.45, 2.75) is 58.4 Å². The van der Waals surface area contributed by atoms with E-state index >= 15 is 0 Å². The molecule has 0 amide bonds. The smallest absolute Gasteiger partial charge is 0.0842 e. The Hall–Kier alpha value is -0.160. The first-order valence-corrected chi connectivity index (χ1v) is 7.42. The molecule has 4 heteroatoms. The summed E-state index contributed by atoms with van der Waals surface area (Å²) in [5.41, 5.74) is 5.85. The Morgan fingerprint density at radius 2 is 2.00 bits per heavy atom. The summed E-state index contributed by atoms with van der Waals surface area (Å²) < 4.78 is 5.58. The van der Waals surface area contributed by atoms with Crippen molar-refractivity contribution in [1.82, 2.24) is 10.6 Å². The van der Waals surface area contributed by atoms with E-state index in [0.29, 0.717) is 30.2 Å². The predicted octanol–water partition coefficient (Wildman–Crippen LogP) is 1.31. The first-order chi connectivity index (χ1) is 8.65. The molecular formula is C14H31N3O. The molecule has 18 heavy (non-hydrogen) atoms. The molecule has 4 N–H and O–H groups in total. The normalized spacial score (nSPS) is 27.8. The zero-order valence-corrected chi connectivity index (χ0v) is 12.4. The van der Waals surface area contributed by atoms with E-state index in [-0.39, 0.29) is 0 Å². The Bertz CT molecular complexity index is 221. The quantitative estimate of drug-likeness (QED) is 0.408. The molecule has 108 valence electrons. The van der Waals surface area contributed by atoms with Gasteiger partial charge in [0.05, 0.1) is 18.4 Å². The average molecular weight is 257 g/mol. The Morgan fingerprint density at radius 3 is 2.39 bits per heavy atom. The first-order valence-electron chi connectivity index (χ1n) is 7.42. The van der Waals surface area contributed by atoms with Crippen LogP contribution in [0.3, 0.4) is 0 Å². The van der Waals surface area contributed by atoms with Crippen LogP contribution in [0.2, 0.25) is 0 Å². The maximum atomic E-state index is 5.85. The maximum absolute atomic E-state index is 5.85. The van der Waals surface area contributed by atoms with Crippen LogP contribution in [0.5, 0.6) is 0 Å². The van der Waals surface area contributed by atoms with E-state index < -0.39 is 0 Å². The van der Waals surface area contributed by atoms with Gasteiger partial charge in [0.25, 0.3) is 0 Å². The van der Waals surface area contributed by atoms with Gasteiger partial charge in [0.1, 0.15) is 0 Å². The van der Waals surface area contributed by atoms with Gasteiger partial charge in [-0.3, -0.25) is 0 Å². The first kappa shape index (κ1) is 15.9. The lowest BCUT2D eigenvalue weighted by Crippen LogP contribution is -2.47. The third kappa shape index (κ3) is 4.84. The van der Waals surface area contributed by atoms with Crippen molar-refractivity contribution >= 4 is 0 Å². The molecular weight excluding hydrogens is 226 g/mol. The highest BCUT2D eigenvalue weighted by Crippen LogP contribution is 2.32. The van der Waals surface area contributed by atoms with E-state index in [9.17, 15) is 0 Å². The number of hydrogen-bond donors (Lipinski definition) is 3. The van der Waals surface area contributed by atoms with Crippen LogP contribution in [0.15, 0.2) is 0 Å². The number of hydrogen-bond acceptors (Lipinski definition) is 4. The van der Waals surface area contributed by atoms with Crippen LogP contribution in [0.25, 0.3) is 0 Å². The van der Waals surface area contributed by atoms with Crippen LogP contribution in [-0.2, 0) is 4.74 Å². The second-order valence-corrected chi connectivity index (χ2v) is 5.45. The number of rotatable bonds is 10. The summed E-state index contributed by atoms with van der Waals surface area (Å²) in [6.45, 7) is 8.31. The van der Waals surface area contributed by atoms with Crippen molar-refractivity contribution in [3.05, 3.63) is 0 Å². The van der Waals surface area contributed by atoms with Crippen LogP contribution < -0.4 is 16.4 Å². The van der Waals surface area contributed by atoms with E-state index in [4.69, 9.17) is 10.5 Å². The third-order valence-corrected chi connectivity index (χ3v) is 4.12. The molecule has 5 atom stereocenters. The minimum absolute atomic E-state index is 0.368. The summed E-state index contributed by atoms with van der Waals surface area (Å²) in [6, 6.07) is 0. The molecule has 5 unspecified atom stereocenters. The molecule has 1 saturated heterocycles. The van der Waals surface area contributed by atoms with Gasteiger partial charge < -0.3 is 21.1 Å². The van der Waals surface area contributed by atoms with E-state index in [2.05, 4.69) is 31.4 Å². The molecule has 0 spiro atoms. The molecule has 1 aliphatic rings. The van der Waals surface area contributed by atoms with Crippen LogP contribution in [-0.4, -0.2) is 38.5 Å². The fourth-order valence-corrected chi connectivity index (χ4v) is 2.73. The Kier molecular flexibility index (Phi) is 7.15. The molecule has 1 heterocycles. The van der Waals surface area contributed by atoms with Gasteiger partial charge in [0, 0.05) is 0 Å².